The molecule has 3 aromatic rings. The maximum absolute atomic E-state index is 11.6. The van der Waals surface area contributed by atoms with E-state index in [9.17, 15) is 9.90 Å². The van der Waals surface area contributed by atoms with E-state index in [4.69, 9.17) is 5.73 Å². The molecule has 0 heterocycles. The number of hydrogen-bond acceptors (Lipinski definition) is 2. The number of aliphatic hydroxyl groups excluding tert-OH is 1. The summed E-state index contributed by atoms with van der Waals surface area (Å²) < 4.78 is 0. The summed E-state index contributed by atoms with van der Waals surface area (Å²) in [5.74, 6) is -0.429. The zero-order chi connectivity index (χ0) is 14.8. The number of amides is 1. The molecule has 0 unspecified atom stereocenters. The summed E-state index contributed by atoms with van der Waals surface area (Å²) >= 11 is 0. The van der Waals surface area contributed by atoms with E-state index in [2.05, 4.69) is 0 Å². The Bertz CT molecular complexity index is 824. The highest BCUT2D eigenvalue weighted by Crippen LogP contribution is 2.30. The largest absolute Gasteiger partial charge is 0.392 e. The first-order chi connectivity index (χ1) is 10.2. The second-order valence-electron chi connectivity index (χ2n) is 4.93. The molecule has 0 aliphatic heterocycles. The van der Waals surface area contributed by atoms with E-state index in [1.807, 2.05) is 54.6 Å². The van der Waals surface area contributed by atoms with Crippen LogP contribution in [0, 0.1) is 0 Å². The number of primary amides is 1. The van der Waals surface area contributed by atoms with Gasteiger partial charge in [-0.2, -0.15) is 0 Å². The van der Waals surface area contributed by atoms with Crippen LogP contribution in [0.2, 0.25) is 0 Å². The van der Waals surface area contributed by atoms with Crippen molar-refractivity contribution >= 4 is 16.7 Å². The lowest BCUT2D eigenvalue weighted by atomic mass is 9.94. The predicted molar refractivity (Wildman–Crippen MR) is 83.8 cm³/mol. The number of benzene rings is 3. The first-order valence-electron chi connectivity index (χ1n) is 6.72. The van der Waals surface area contributed by atoms with Crippen LogP contribution in [0.1, 0.15) is 15.9 Å². The van der Waals surface area contributed by atoms with Crippen molar-refractivity contribution in [3.63, 3.8) is 0 Å². The van der Waals surface area contributed by atoms with Gasteiger partial charge in [0.1, 0.15) is 0 Å². The van der Waals surface area contributed by atoms with Crippen molar-refractivity contribution in [2.24, 2.45) is 5.73 Å². The van der Waals surface area contributed by atoms with Gasteiger partial charge in [-0.1, -0.05) is 48.5 Å². The second kappa shape index (κ2) is 5.38. The van der Waals surface area contributed by atoms with Gasteiger partial charge in [0.05, 0.1) is 6.61 Å². The Labute approximate surface area is 122 Å². The van der Waals surface area contributed by atoms with Crippen molar-refractivity contribution in [1.82, 2.24) is 0 Å². The van der Waals surface area contributed by atoms with Crippen LogP contribution >= 0.6 is 0 Å². The fourth-order valence-electron chi connectivity index (χ4n) is 2.61. The number of fused-ring (bicyclic) bond motifs is 1. The summed E-state index contributed by atoms with van der Waals surface area (Å²) in [6.07, 6.45) is 0. The molecule has 0 radical (unpaired) electrons. The highest BCUT2D eigenvalue weighted by Gasteiger charge is 2.09. The minimum Gasteiger partial charge on any atom is -0.392 e. The molecule has 3 heteroatoms. The first-order valence-corrected chi connectivity index (χ1v) is 6.72. The third kappa shape index (κ3) is 2.39. The Balaban J connectivity index is 2.28. The molecule has 21 heavy (non-hydrogen) atoms. The van der Waals surface area contributed by atoms with E-state index < -0.39 is 5.91 Å². The molecule has 3 N–H and O–H groups in total. The lowest BCUT2D eigenvalue weighted by Gasteiger charge is -2.10. The zero-order valence-electron chi connectivity index (χ0n) is 11.4. The molecule has 0 saturated carbocycles. The minimum absolute atomic E-state index is 0.00510. The van der Waals surface area contributed by atoms with Crippen LogP contribution in [0.4, 0.5) is 0 Å². The maximum Gasteiger partial charge on any atom is 0.249 e. The van der Waals surface area contributed by atoms with Gasteiger partial charge >= 0.3 is 0 Å². The van der Waals surface area contributed by atoms with Crippen LogP contribution in [0.5, 0.6) is 0 Å². The summed E-state index contributed by atoms with van der Waals surface area (Å²) in [5.41, 5.74) is 8.85. The molecule has 0 atom stereocenters. The molecule has 0 aliphatic carbocycles. The van der Waals surface area contributed by atoms with Crippen LogP contribution < -0.4 is 5.73 Å². The number of hydrogen-bond donors (Lipinski definition) is 2. The number of carbonyl (C=O) groups excluding carboxylic acids is 1. The third-order valence-corrected chi connectivity index (χ3v) is 3.61. The van der Waals surface area contributed by atoms with Gasteiger partial charge in [0.25, 0.3) is 0 Å². The molecule has 0 saturated heterocycles. The van der Waals surface area contributed by atoms with E-state index in [0.717, 1.165) is 27.5 Å². The van der Waals surface area contributed by atoms with E-state index in [1.165, 1.54) is 0 Å². The van der Waals surface area contributed by atoms with Crippen molar-refractivity contribution in [3.8, 4) is 11.1 Å². The van der Waals surface area contributed by atoms with Gasteiger partial charge < -0.3 is 10.8 Å². The average Bonchev–Trinajstić information content (AvgIpc) is 2.53. The molecule has 3 nitrogen and oxygen atoms in total. The normalized spacial score (nSPS) is 10.7. The quantitative estimate of drug-likeness (QED) is 0.772. The Hall–Kier alpha value is -2.65. The Morgan fingerprint density at radius 1 is 0.952 bits per heavy atom. The molecule has 3 aromatic carbocycles. The second-order valence-corrected chi connectivity index (χ2v) is 4.93. The molecule has 3 rings (SSSR count). The van der Waals surface area contributed by atoms with Gasteiger partial charge in [-0.25, -0.2) is 0 Å². The monoisotopic (exact) mass is 277 g/mol. The SMILES string of the molecule is NC(=O)c1cccc2c(-c3cccc(CO)c3)cccc12. The van der Waals surface area contributed by atoms with Gasteiger partial charge in [-0.15, -0.1) is 0 Å². The maximum atomic E-state index is 11.6. The van der Waals surface area contributed by atoms with Crippen LogP contribution in [-0.4, -0.2) is 11.0 Å². The molecule has 0 fully saturated rings. The van der Waals surface area contributed by atoms with Gasteiger partial charge in [0.2, 0.25) is 5.91 Å². The van der Waals surface area contributed by atoms with Gasteiger partial charge in [-0.3, -0.25) is 4.79 Å². The molecule has 0 aromatic heterocycles. The Morgan fingerprint density at radius 3 is 2.43 bits per heavy atom. The Morgan fingerprint density at radius 2 is 1.67 bits per heavy atom. The lowest BCUT2D eigenvalue weighted by molar-refractivity contribution is 0.100. The first kappa shape index (κ1) is 13.3. The van der Waals surface area contributed by atoms with E-state index >= 15 is 0 Å². The van der Waals surface area contributed by atoms with Crippen molar-refractivity contribution in [3.05, 3.63) is 71.8 Å². The molecule has 0 bridgehead atoms. The standard InChI is InChI=1S/C18H15NO2/c19-18(21)17-9-3-7-15-14(6-2-8-16(15)17)13-5-1-4-12(10-13)11-20/h1-10,20H,11H2,(H2,19,21). The van der Waals surface area contributed by atoms with Crippen LogP contribution in [0.15, 0.2) is 60.7 Å². The lowest BCUT2D eigenvalue weighted by Crippen LogP contribution is -2.11. The summed E-state index contributed by atoms with van der Waals surface area (Å²) in [6, 6.07) is 19.1. The highest BCUT2D eigenvalue weighted by molar-refractivity contribution is 6.09. The molecular formula is C18H15NO2. The number of aliphatic hydroxyl groups is 1. The fourth-order valence-corrected chi connectivity index (χ4v) is 2.61. The average molecular weight is 277 g/mol. The smallest absolute Gasteiger partial charge is 0.249 e. The number of rotatable bonds is 3. The molecule has 104 valence electrons. The Kier molecular flexibility index (Phi) is 3.42. The number of carbonyl (C=O) groups is 1. The highest BCUT2D eigenvalue weighted by atomic mass is 16.3. The van der Waals surface area contributed by atoms with Crippen molar-refractivity contribution in [1.29, 1.82) is 0 Å². The van der Waals surface area contributed by atoms with Crippen LogP contribution in [-0.2, 0) is 6.61 Å². The van der Waals surface area contributed by atoms with Crippen molar-refractivity contribution in [2.45, 2.75) is 6.61 Å². The number of nitrogens with two attached hydrogens (primary N) is 1. The van der Waals surface area contributed by atoms with Crippen LogP contribution in [0.3, 0.4) is 0 Å². The summed E-state index contributed by atoms with van der Waals surface area (Å²) in [4.78, 5) is 11.6. The van der Waals surface area contributed by atoms with Gasteiger partial charge in [0.15, 0.2) is 0 Å². The minimum atomic E-state index is -0.429. The summed E-state index contributed by atoms with van der Waals surface area (Å²) in [5, 5.41) is 11.1. The zero-order valence-corrected chi connectivity index (χ0v) is 11.4. The molecular weight excluding hydrogens is 262 g/mol. The van der Waals surface area contributed by atoms with Crippen molar-refractivity contribution < 1.29 is 9.90 Å². The van der Waals surface area contributed by atoms with E-state index in [-0.39, 0.29) is 6.61 Å². The topological polar surface area (TPSA) is 63.3 Å². The third-order valence-electron chi connectivity index (χ3n) is 3.61. The summed E-state index contributed by atoms with van der Waals surface area (Å²) in [7, 11) is 0. The van der Waals surface area contributed by atoms with Crippen molar-refractivity contribution in [2.75, 3.05) is 0 Å². The van der Waals surface area contributed by atoms with E-state index in [0.29, 0.717) is 5.56 Å². The molecule has 1 amide bonds. The van der Waals surface area contributed by atoms with E-state index in [1.54, 1.807) is 6.07 Å². The van der Waals surface area contributed by atoms with Crippen LogP contribution in [0.25, 0.3) is 21.9 Å². The molecule has 0 spiro atoms. The van der Waals surface area contributed by atoms with Gasteiger partial charge in [0, 0.05) is 5.56 Å². The predicted octanol–water partition coefficient (Wildman–Crippen LogP) is 3.10. The fraction of sp³-hybridized carbons (Fsp3) is 0.0556. The molecule has 0 aliphatic rings. The van der Waals surface area contributed by atoms with Gasteiger partial charge in [-0.05, 0) is 39.6 Å². The summed E-state index contributed by atoms with van der Waals surface area (Å²) in [6.45, 7) is 0.00510.